The van der Waals surface area contributed by atoms with E-state index in [4.69, 9.17) is 4.42 Å². The van der Waals surface area contributed by atoms with Gasteiger partial charge in [-0.05, 0) is 24.3 Å². The SMILES string of the molecule is O=C(Nc1ncccn1)c1ccc2[nH]c(=O)oc2c1. The molecular weight excluding hydrogens is 248 g/mol. The van der Waals surface area contributed by atoms with Crippen molar-refractivity contribution in [2.75, 3.05) is 5.32 Å². The van der Waals surface area contributed by atoms with Gasteiger partial charge < -0.3 is 4.42 Å². The van der Waals surface area contributed by atoms with Crippen LogP contribution in [0.3, 0.4) is 0 Å². The number of nitrogens with one attached hydrogen (secondary N) is 2. The largest absolute Gasteiger partial charge is 0.417 e. The van der Waals surface area contributed by atoms with Crippen molar-refractivity contribution in [1.82, 2.24) is 15.0 Å². The van der Waals surface area contributed by atoms with Crippen molar-refractivity contribution in [2.45, 2.75) is 0 Å². The minimum Gasteiger partial charge on any atom is -0.408 e. The summed E-state index contributed by atoms with van der Waals surface area (Å²) in [6.07, 6.45) is 3.05. The lowest BCUT2D eigenvalue weighted by molar-refractivity contribution is 0.102. The smallest absolute Gasteiger partial charge is 0.408 e. The summed E-state index contributed by atoms with van der Waals surface area (Å²) in [5.74, 6) is -0.723. The molecule has 0 aliphatic carbocycles. The van der Waals surface area contributed by atoms with E-state index in [2.05, 4.69) is 20.3 Å². The van der Waals surface area contributed by atoms with Crippen molar-refractivity contribution in [3.05, 3.63) is 52.8 Å². The molecule has 1 amide bonds. The number of amides is 1. The van der Waals surface area contributed by atoms with Gasteiger partial charge in [-0.1, -0.05) is 0 Å². The van der Waals surface area contributed by atoms with Gasteiger partial charge in [0.1, 0.15) is 0 Å². The first-order valence-corrected chi connectivity index (χ1v) is 5.43. The highest BCUT2D eigenvalue weighted by molar-refractivity contribution is 6.04. The van der Waals surface area contributed by atoms with Crippen LogP contribution in [0.25, 0.3) is 11.1 Å². The Morgan fingerprint density at radius 2 is 2.05 bits per heavy atom. The van der Waals surface area contributed by atoms with E-state index in [1.54, 1.807) is 18.2 Å². The third-order valence-corrected chi connectivity index (χ3v) is 2.47. The lowest BCUT2D eigenvalue weighted by atomic mass is 10.2. The lowest BCUT2D eigenvalue weighted by Crippen LogP contribution is -2.13. The van der Waals surface area contributed by atoms with Crippen LogP contribution >= 0.6 is 0 Å². The molecule has 0 bridgehead atoms. The third-order valence-electron chi connectivity index (χ3n) is 2.47. The van der Waals surface area contributed by atoms with Crippen molar-refractivity contribution >= 4 is 23.0 Å². The number of anilines is 1. The van der Waals surface area contributed by atoms with E-state index in [9.17, 15) is 9.59 Å². The summed E-state index contributed by atoms with van der Waals surface area (Å²) in [4.78, 5) is 33.2. The fraction of sp³-hybridized carbons (Fsp3) is 0. The Labute approximate surface area is 106 Å². The Hall–Kier alpha value is -2.96. The molecule has 0 aliphatic rings. The van der Waals surface area contributed by atoms with Gasteiger partial charge in [0.25, 0.3) is 5.91 Å². The Morgan fingerprint density at radius 3 is 2.84 bits per heavy atom. The average Bonchev–Trinajstić information content (AvgIpc) is 2.78. The molecule has 0 saturated carbocycles. The molecule has 94 valence electrons. The zero-order valence-corrected chi connectivity index (χ0v) is 9.58. The third kappa shape index (κ3) is 2.21. The Kier molecular flexibility index (Phi) is 2.57. The predicted octanol–water partition coefficient (Wildman–Crippen LogP) is 1.16. The zero-order valence-electron chi connectivity index (χ0n) is 9.58. The van der Waals surface area contributed by atoms with Gasteiger partial charge in [-0.15, -0.1) is 0 Å². The second-order valence-electron chi connectivity index (χ2n) is 3.75. The fourth-order valence-electron chi connectivity index (χ4n) is 1.62. The van der Waals surface area contributed by atoms with Crippen LogP contribution in [0.15, 0.2) is 45.9 Å². The summed E-state index contributed by atoms with van der Waals surface area (Å²) >= 11 is 0. The first-order valence-electron chi connectivity index (χ1n) is 5.43. The van der Waals surface area contributed by atoms with Gasteiger partial charge in [0.15, 0.2) is 5.58 Å². The lowest BCUT2D eigenvalue weighted by Gasteiger charge is -2.02. The number of rotatable bonds is 2. The molecule has 19 heavy (non-hydrogen) atoms. The molecule has 7 nitrogen and oxygen atoms in total. The van der Waals surface area contributed by atoms with E-state index in [1.807, 2.05) is 0 Å². The number of aromatic nitrogens is 3. The summed E-state index contributed by atoms with van der Waals surface area (Å²) in [5, 5.41) is 2.54. The van der Waals surface area contributed by atoms with Crippen LogP contribution in [-0.2, 0) is 0 Å². The van der Waals surface area contributed by atoms with Crippen LogP contribution in [0.1, 0.15) is 10.4 Å². The summed E-state index contributed by atoms with van der Waals surface area (Å²) < 4.78 is 4.89. The molecule has 0 fully saturated rings. The molecule has 1 aromatic carbocycles. The summed E-state index contributed by atoms with van der Waals surface area (Å²) in [6, 6.07) is 6.30. The number of H-pyrrole nitrogens is 1. The molecule has 0 aliphatic heterocycles. The van der Waals surface area contributed by atoms with Crippen LogP contribution in [0.2, 0.25) is 0 Å². The van der Waals surface area contributed by atoms with Crippen LogP contribution in [0, 0.1) is 0 Å². The average molecular weight is 256 g/mol. The minimum absolute atomic E-state index is 0.211. The van der Waals surface area contributed by atoms with Gasteiger partial charge in [-0.3, -0.25) is 15.1 Å². The van der Waals surface area contributed by atoms with E-state index in [-0.39, 0.29) is 11.9 Å². The monoisotopic (exact) mass is 256 g/mol. The highest BCUT2D eigenvalue weighted by Crippen LogP contribution is 2.13. The van der Waals surface area contributed by atoms with E-state index in [1.165, 1.54) is 18.5 Å². The minimum atomic E-state index is -0.557. The number of oxazole rings is 1. The molecular formula is C12H8N4O3. The molecule has 2 heterocycles. The number of carbonyl (C=O) groups excluding carboxylic acids is 1. The molecule has 3 rings (SSSR count). The van der Waals surface area contributed by atoms with E-state index in [0.29, 0.717) is 16.7 Å². The number of benzene rings is 1. The van der Waals surface area contributed by atoms with Gasteiger partial charge in [0.2, 0.25) is 5.95 Å². The quantitative estimate of drug-likeness (QED) is 0.716. The molecule has 0 radical (unpaired) electrons. The number of hydrogen-bond donors (Lipinski definition) is 2. The van der Waals surface area contributed by atoms with Gasteiger partial charge in [0, 0.05) is 18.0 Å². The van der Waals surface area contributed by atoms with Crippen molar-refractivity contribution in [1.29, 1.82) is 0 Å². The Morgan fingerprint density at radius 1 is 1.26 bits per heavy atom. The molecule has 0 spiro atoms. The van der Waals surface area contributed by atoms with Gasteiger partial charge in [-0.25, -0.2) is 14.8 Å². The first kappa shape index (κ1) is 11.1. The molecule has 2 aromatic heterocycles. The van der Waals surface area contributed by atoms with Crippen LogP contribution in [-0.4, -0.2) is 20.9 Å². The summed E-state index contributed by atoms with van der Waals surface area (Å²) in [7, 11) is 0. The molecule has 0 atom stereocenters. The van der Waals surface area contributed by atoms with Crippen molar-refractivity contribution < 1.29 is 9.21 Å². The van der Waals surface area contributed by atoms with Gasteiger partial charge in [0.05, 0.1) is 5.52 Å². The number of fused-ring (bicyclic) bond motifs is 1. The second kappa shape index (κ2) is 4.37. The highest BCUT2D eigenvalue weighted by Gasteiger charge is 2.10. The molecule has 0 saturated heterocycles. The number of aromatic amines is 1. The second-order valence-corrected chi connectivity index (χ2v) is 3.75. The molecule has 7 heteroatoms. The van der Waals surface area contributed by atoms with Crippen LogP contribution < -0.4 is 11.1 Å². The van der Waals surface area contributed by atoms with Crippen molar-refractivity contribution in [2.24, 2.45) is 0 Å². The maximum atomic E-state index is 11.9. The van der Waals surface area contributed by atoms with E-state index >= 15 is 0 Å². The zero-order chi connectivity index (χ0) is 13.2. The highest BCUT2D eigenvalue weighted by atomic mass is 16.4. The van der Waals surface area contributed by atoms with Crippen LogP contribution in [0.5, 0.6) is 0 Å². The Bertz CT molecular complexity index is 791. The molecule has 2 N–H and O–H groups in total. The maximum Gasteiger partial charge on any atom is 0.417 e. The van der Waals surface area contributed by atoms with Crippen molar-refractivity contribution in [3.63, 3.8) is 0 Å². The number of hydrogen-bond acceptors (Lipinski definition) is 5. The molecule has 0 unspecified atom stereocenters. The molecule has 3 aromatic rings. The predicted molar refractivity (Wildman–Crippen MR) is 66.8 cm³/mol. The van der Waals surface area contributed by atoms with Crippen LogP contribution in [0.4, 0.5) is 5.95 Å². The Balaban J connectivity index is 1.91. The first-order chi connectivity index (χ1) is 9.22. The fourth-order valence-corrected chi connectivity index (χ4v) is 1.62. The van der Waals surface area contributed by atoms with E-state index < -0.39 is 5.76 Å². The normalized spacial score (nSPS) is 10.5. The number of carbonyl (C=O) groups is 1. The van der Waals surface area contributed by atoms with E-state index in [0.717, 1.165) is 0 Å². The topological polar surface area (TPSA) is 101 Å². The summed E-state index contributed by atoms with van der Waals surface area (Å²) in [5.41, 5.74) is 1.21. The maximum absolute atomic E-state index is 11.9. The van der Waals surface area contributed by atoms with Gasteiger partial charge in [-0.2, -0.15) is 0 Å². The standard InChI is InChI=1S/C12H8N4O3/c17-10(16-11-13-4-1-5-14-11)7-2-3-8-9(6-7)19-12(18)15-8/h1-6H,(H,15,18)(H,13,14,16,17). The number of nitrogens with zero attached hydrogens (tertiary/aromatic N) is 2. The van der Waals surface area contributed by atoms with Gasteiger partial charge >= 0.3 is 5.76 Å². The van der Waals surface area contributed by atoms with Crippen molar-refractivity contribution in [3.8, 4) is 0 Å². The summed E-state index contributed by atoms with van der Waals surface area (Å²) in [6.45, 7) is 0.